The zero-order valence-electron chi connectivity index (χ0n) is 11.3. The van der Waals surface area contributed by atoms with E-state index in [1.165, 1.54) is 0 Å². The SMILES string of the molecule is COc1ccc(CN(C)C(=O)C(C)N)cc1C.Cl. The normalized spacial score (nSPS) is 11.4. The fraction of sp³-hybridized carbons (Fsp3) is 0.462. The second-order valence-corrected chi connectivity index (χ2v) is 4.29. The Kier molecular flexibility index (Phi) is 6.73. The molecule has 102 valence electrons. The average Bonchev–Trinajstić information content (AvgIpc) is 2.28. The maximum Gasteiger partial charge on any atom is 0.239 e. The maximum atomic E-state index is 11.6. The van der Waals surface area contributed by atoms with Gasteiger partial charge in [-0.1, -0.05) is 12.1 Å². The highest BCUT2D eigenvalue weighted by atomic mass is 35.5. The minimum Gasteiger partial charge on any atom is -0.496 e. The van der Waals surface area contributed by atoms with Crippen molar-refractivity contribution in [2.75, 3.05) is 14.2 Å². The lowest BCUT2D eigenvalue weighted by Crippen LogP contribution is -2.39. The lowest BCUT2D eigenvalue weighted by Gasteiger charge is -2.19. The number of nitrogens with two attached hydrogens (primary N) is 1. The van der Waals surface area contributed by atoms with Crippen LogP contribution in [0.1, 0.15) is 18.1 Å². The fourth-order valence-corrected chi connectivity index (χ4v) is 1.74. The maximum absolute atomic E-state index is 11.6. The number of rotatable bonds is 4. The molecule has 0 aliphatic heterocycles. The van der Waals surface area contributed by atoms with Gasteiger partial charge in [0, 0.05) is 13.6 Å². The van der Waals surface area contributed by atoms with Gasteiger partial charge in [0.1, 0.15) is 5.75 Å². The molecule has 0 spiro atoms. The molecule has 1 amide bonds. The van der Waals surface area contributed by atoms with Crippen LogP contribution in [0.4, 0.5) is 0 Å². The number of aryl methyl sites for hydroxylation is 1. The van der Waals surface area contributed by atoms with Gasteiger partial charge in [-0.25, -0.2) is 0 Å². The number of methoxy groups -OCH3 is 1. The van der Waals surface area contributed by atoms with E-state index < -0.39 is 6.04 Å². The number of amides is 1. The summed E-state index contributed by atoms with van der Waals surface area (Å²) in [6.45, 7) is 4.24. The molecular weight excluding hydrogens is 252 g/mol. The van der Waals surface area contributed by atoms with Crippen LogP contribution in [0.5, 0.6) is 5.75 Å². The minimum absolute atomic E-state index is 0. The van der Waals surface area contributed by atoms with E-state index in [0.717, 1.165) is 16.9 Å². The van der Waals surface area contributed by atoms with Crippen LogP contribution in [0.15, 0.2) is 18.2 Å². The molecule has 4 nitrogen and oxygen atoms in total. The predicted octanol–water partition coefficient (Wildman–Crippen LogP) is 1.73. The standard InChI is InChI=1S/C13H20N2O2.ClH/c1-9-7-11(5-6-12(9)17-4)8-15(3)13(16)10(2)14;/h5-7,10H,8,14H2,1-4H3;1H. The van der Waals surface area contributed by atoms with E-state index in [0.29, 0.717) is 6.54 Å². The van der Waals surface area contributed by atoms with Gasteiger partial charge >= 0.3 is 0 Å². The molecule has 2 N–H and O–H groups in total. The lowest BCUT2D eigenvalue weighted by atomic mass is 10.1. The molecule has 0 heterocycles. The van der Waals surface area contributed by atoms with Crippen LogP contribution >= 0.6 is 12.4 Å². The molecule has 1 rings (SSSR count). The second kappa shape index (κ2) is 7.24. The quantitative estimate of drug-likeness (QED) is 0.908. The number of likely N-dealkylation sites (N-methyl/N-ethyl adjacent to an activating group) is 1. The van der Waals surface area contributed by atoms with Gasteiger partial charge in [0.25, 0.3) is 0 Å². The molecule has 0 bridgehead atoms. The first-order chi connectivity index (χ1) is 7.95. The highest BCUT2D eigenvalue weighted by Gasteiger charge is 2.13. The Bertz CT molecular complexity index is 408. The Hall–Kier alpha value is -1.26. The third-order valence-electron chi connectivity index (χ3n) is 2.64. The molecule has 5 heteroatoms. The van der Waals surface area contributed by atoms with Gasteiger partial charge in [-0.2, -0.15) is 0 Å². The van der Waals surface area contributed by atoms with Gasteiger partial charge in [0.05, 0.1) is 13.2 Å². The largest absolute Gasteiger partial charge is 0.496 e. The number of benzene rings is 1. The third kappa shape index (κ3) is 4.20. The number of hydrogen-bond acceptors (Lipinski definition) is 3. The molecular formula is C13H21ClN2O2. The van der Waals surface area contributed by atoms with E-state index in [1.54, 1.807) is 26.0 Å². The zero-order chi connectivity index (χ0) is 13.0. The van der Waals surface area contributed by atoms with Crippen LogP contribution in [0.2, 0.25) is 0 Å². The number of carbonyl (C=O) groups is 1. The van der Waals surface area contributed by atoms with E-state index >= 15 is 0 Å². The minimum atomic E-state index is -0.459. The molecule has 0 saturated carbocycles. The predicted molar refractivity (Wildman–Crippen MR) is 75.1 cm³/mol. The van der Waals surface area contributed by atoms with E-state index in [4.69, 9.17) is 10.5 Å². The monoisotopic (exact) mass is 272 g/mol. The molecule has 0 saturated heterocycles. The molecule has 18 heavy (non-hydrogen) atoms. The number of nitrogens with zero attached hydrogens (tertiary/aromatic N) is 1. The highest BCUT2D eigenvalue weighted by molar-refractivity contribution is 5.85. The Morgan fingerprint density at radius 3 is 2.56 bits per heavy atom. The summed E-state index contributed by atoms with van der Waals surface area (Å²) >= 11 is 0. The summed E-state index contributed by atoms with van der Waals surface area (Å²) in [5.41, 5.74) is 7.69. The van der Waals surface area contributed by atoms with Gasteiger partial charge in [-0.05, 0) is 31.0 Å². The third-order valence-corrected chi connectivity index (χ3v) is 2.64. The summed E-state index contributed by atoms with van der Waals surface area (Å²) in [4.78, 5) is 13.3. The smallest absolute Gasteiger partial charge is 0.239 e. The number of carbonyl (C=O) groups excluding carboxylic acids is 1. The van der Waals surface area contributed by atoms with Crippen molar-refractivity contribution in [1.82, 2.24) is 4.90 Å². The molecule has 0 aliphatic rings. The van der Waals surface area contributed by atoms with Crippen molar-refractivity contribution in [1.29, 1.82) is 0 Å². The number of hydrogen-bond donors (Lipinski definition) is 1. The molecule has 0 aromatic heterocycles. The highest BCUT2D eigenvalue weighted by Crippen LogP contribution is 2.19. The summed E-state index contributed by atoms with van der Waals surface area (Å²) in [6, 6.07) is 5.43. The number of halogens is 1. The van der Waals surface area contributed by atoms with Gasteiger partial charge in [0.2, 0.25) is 5.91 Å². The van der Waals surface area contributed by atoms with Crippen molar-refractivity contribution in [3.63, 3.8) is 0 Å². The van der Waals surface area contributed by atoms with E-state index in [9.17, 15) is 4.79 Å². The van der Waals surface area contributed by atoms with Gasteiger partial charge in [0.15, 0.2) is 0 Å². The van der Waals surface area contributed by atoms with Crippen molar-refractivity contribution in [2.24, 2.45) is 5.73 Å². The Balaban J connectivity index is 0.00000289. The van der Waals surface area contributed by atoms with E-state index in [2.05, 4.69) is 0 Å². The van der Waals surface area contributed by atoms with Crippen LogP contribution in [-0.4, -0.2) is 31.0 Å². The summed E-state index contributed by atoms with van der Waals surface area (Å²) < 4.78 is 5.19. The van der Waals surface area contributed by atoms with Crippen molar-refractivity contribution >= 4 is 18.3 Å². The lowest BCUT2D eigenvalue weighted by molar-refractivity contribution is -0.131. The van der Waals surface area contributed by atoms with Gasteiger partial charge < -0.3 is 15.4 Å². The Morgan fingerprint density at radius 1 is 1.50 bits per heavy atom. The first-order valence-corrected chi connectivity index (χ1v) is 5.59. The van der Waals surface area contributed by atoms with Crippen LogP contribution in [-0.2, 0) is 11.3 Å². The summed E-state index contributed by atoms with van der Waals surface area (Å²) in [5, 5.41) is 0. The molecule has 1 atom stereocenters. The molecule has 0 aliphatic carbocycles. The molecule has 0 fully saturated rings. The first kappa shape index (κ1) is 16.7. The Labute approximate surface area is 115 Å². The number of ether oxygens (including phenoxy) is 1. The summed E-state index contributed by atoms with van der Waals surface area (Å²) in [5.74, 6) is 0.799. The topological polar surface area (TPSA) is 55.6 Å². The molecule has 1 unspecified atom stereocenters. The van der Waals surface area contributed by atoms with Crippen molar-refractivity contribution in [2.45, 2.75) is 26.4 Å². The van der Waals surface area contributed by atoms with Crippen LogP contribution in [0.3, 0.4) is 0 Å². The zero-order valence-corrected chi connectivity index (χ0v) is 12.1. The Morgan fingerprint density at radius 2 is 2.11 bits per heavy atom. The van der Waals surface area contributed by atoms with Crippen LogP contribution < -0.4 is 10.5 Å². The molecule has 1 aromatic rings. The average molecular weight is 273 g/mol. The summed E-state index contributed by atoms with van der Waals surface area (Å²) in [6.07, 6.45) is 0. The fourth-order valence-electron chi connectivity index (χ4n) is 1.74. The van der Waals surface area contributed by atoms with Crippen molar-refractivity contribution in [3.05, 3.63) is 29.3 Å². The van der Waals surface area contributed by atoms with E-state index in [-0.39, 0.29) is 18.3 Å². The van der Waals surface area contributed by atoms with Crippen LogP contribution in [0, 0.1) is 6.92 Å². The molecule has 0 radical (unpaired) electrons. The van der Waals surface area contributed by atoms with Crippen molar-refractivity contribution in [3.8, 4) is 5.75 Å². The van der Waals surface area contributed by atoms with Crippen molar-refractivity contribution < 1.29 is 9.53 Å². The van der Waals surface area contributed by atoms with Gasteiger partial charge in [-0.15, -0.1) is 12.4 Å². The van der Waals surface area contributed by atoms with Crippen LogP contribution in [0.25, 0.3) is 0 Å². The summed E-state index contributed by atoms with van der Waals surface area (Å²) in [7, 11) is 3.40. The van der Waals surface area contributed by atoms with E-state index in [1.807, 2.05) is 25.1 Å². The first-order valence-electron chi connectivity index (χ1n) is 5.59. The second-order valence-electron chi connectivity index (χ2n) is 4.29. The molecule has 1 aromatic carbocycles. The van der Waals surface area contributed by atoms with Gasteiger partial charge in [-0.3, -0.25) is 4.79 Å².